The van der Waals surface area contributed by atoms with Crippen LogP contribution in [-0.2, 0) is 11.2 Å². The van der Waals surface area contributed by atoms with Crippen molar-refractivity contribution in [1.82, 2.24) is 15.0 Å². The van der Waals surface area contributed by atoms with Crippen molar-refractivity contribution in [2.24, 2.45) is 0 Å². The van der Waals surface area contributed by atoms with Crippen LogP contribution in [0.3, 0.4) is 0 Å². The van der Waals surface area contributed by atoms with Crippen LogP contribution >= 0.6 is 11.6 Å². The van der Waals surface area contributed by atoms with Crippen molar-refractivity contribution in [1.29, 1.82) is 0 Å². The summed E-state index contributed by atoms with van der Waals surface area (Å²) in [4.78, 5) is 10.4. The molecule has 0 saturated carbocycles. The number of carboxylic acid groups (broad SMARTS) is 1. The molecule has 18 heavy (non-hydrogen) atoms. The molecule has 1 aromatic heterocycles. The third-order valence-corrected chi connectivity index (χ3v) is 2.61. The number of hydrogen-bond donors (Lipinski definition) is 1. The molecule has 0 fully saturated rings. The van der Waals surface area contributed by atoms with Gasteiger partial charge in [0.25, 0.3) is 0 Å². The van der Waals surface area contributed by atoms with Crippen LogP contribution in [0.25, 0.3) is 5.69 Å². The Morgan fingerprint density at radius 3 is 2.94 bits per heavy atom. The second-order valence-electron chi connectivity index (χ2n) is 3.65. The SMILES string of the molecule is O=C(O)CCc1cn(-c2ccc(Cl)c(F)c2)nn1. The Morgan fingerprint density at radius 1 is 1.50 bits per heavy atom. The van der Waals surface area contributed by atoms with Crippen LogP contribution in [0.1, 0.15) is 12.1 Å². The summed E-state index contributed by atoms with van der Waals surface area (Å²) in [6.07, 6.45) is 1.82. The number of hydrogen-bond acceptors (Lipinski definition) is 3. The summed E-state index contributed by atoms with van der Waals surface area (Å²) < 4.78 is 14.6. The van der Waals surface area contributed by atoms with Crippen LogP contribution in [0.2, 0.25) is 5.02 Å². The molecule has 2 rings (SSSR count). The van der Waals surface area contributed by atoms with Crippen LogP contribution in [0, 0.1) is 5.82 Å². The highest BCUT2D eigenvalue weighted by atomic mass is 35.5. The predicted octanol–water partition coefficient (Wildman–Crippen LogP) is 2.08. The van der Waals surface area contributed by atoms with E-state index >= 15 is 0 Å². The fourth-order valence-corrected chi connectivity index (χ4v) is 1.52. The van der Waals surface area contributed by atoms with Crippen LogP contribution in [0.4, 0.5) is 4.39 Å². The number of aryl methyl sites for hydroxylation is 1. The highest BCUT2D eigenvalue weighted by molar-refractivity contribution is 6.30. The number of aromatic nitrogens is 3. The van der Waals surface area contributed by atoms with Crippen molar-refractivity contribution in [3.05, 3.63) is 40.9 Å². The van der Waals surface area contributed by atoms with Gasteiger partial charge >= 0.3 is 5.97 Å². The number of aliphatic carboxylic acids is 1. The van der Waals surface area contributed by atoms with E-state index in [1.165, 1.54) is 16.8 Å². The zero-order valence-corrected chi connectivity index (χ0v) is 9.93. The smallest absolute Gasteiger partial charge is 0.303 e. The van der Waals surface area contributed by atoms with Gasteiger partial charge < -0.3 is 5.11 Å². The number of carbonyl (C=O) groups is 1. The van der Waals surface area contributed by atoms with Crippen molar-refractivity contribution < 1.29 is 14.3 Å². The standard InChI is InChI=1S/C11H9ClFN3O2/c12-9-3-2-8(5-10(9)13)16-6-7(14-15-16)1-4-11(17)18/h2-3,5-6H,1,4H2,(H,17,18). The van der Waals surface area contributed by atoms with E-state index in [1.54, 1.807) is 12.3 Å². The Kier molecular flexibility index (Phi) is 3.57. The third kappa shape index (κ3) is 2.84. The van der Waals surface area contributed by atoms with E-state index in [9.17, 15) is 9.18 Å². The average Bonchev–Trinajstić information content (AvgIpc) is 2.79. The Labute approximate surface area is 107 Å². The summed E-state index contributed by atoms with van der Waals surface area (Å²) in [7, 11) is 0. The summed E-state index contributed by atoms with van der Waals surface area (Å²) in [5, 5.41) is 16.2. The number of nitrogens with zero attached hydrogens (tertiary/aromatic N) is 3. The first-order valence-electron chi connectivity index (χ1n) is 5.14. The molecule has 0 amide bonds. The molecule has 0 aliphatic rings. The molecule has 94 valence electrons. The van der Waals surface area contributed by atoms with Gasteiger partial charge in [0.15, 0.2) is 0 Å². The highest BCUT2D eigenvalue weighted by Gasteiger charge is 2.07. The molecule has 0 aliphatic heterocycles. The molecular weight excluding hydrogens is 261 g/mol. The Hall–Kier alpha value is -1.95. The zero-order valence-electron chi connectivity index (χ0n) is 9.18. The first kappa shape index (κ1) is 12.5. The summed E-state index contributed by atoms with van der Waals surface area (Å²) in [5.74, 6) is -1.45. The molecule has 5 nitrogen and oxygen atoms in total. The van der Waals surface area contributed by atoms with Gasteiger partial charge in [-0.15, -0.1) is 5.10 Å². The van der Waals surface area contributed by atoms with Gasteiger partial charge in [-0.2, -0.15) is 0 Å². The lowest BCUT2D eigenvalue weighted by molar-refractivity contribution is -0.136. The molecule has 0 aliphatic carbocycles. The summed E-state index contributed by atoms with van der Waals surface area (Å²) in [5.41, 5.74) is 1.01. The van der Waals surface area contributed by atoms with Crippen molar-refractivity contribution in [2.75, 3.05) is 0 Å². The molecule has 1 heterocycles. The molecule has 0 atom stereocenters. The van der Waals surface area contributed by atoms with E-state index in [-0.39, 0.29) is 17.9 Å². The van der Waals surface area contributed by atoms with E-state index in [1.807, 2.05) is 0 Å². The molecule has 2 aromatic rings. The average molecular weight is 270 g/mol. The van der Waals surface area contributed by atoms with Crippen LogP contribution in [-0.4, -0.2) is 26.1 Å². The minimum Gasteiger partial charge on any atom is -0.481 e. The molecule has 1 N–H and O–H groups in total. The number of halogens is 2. The summed E-state index contributed by atoms with van der Waals surface area (Å²) in [6.45, 7) is 0. The quantitative estimate of drug-likeness (QED) is 0.923. The molecular formula is C11H9ClFN3O2. The molecule has 0 saturated heterocycles. The minimum absolute atomic E-state index is 0.0202. The van der Waals surface area contributed by atoms with Crippen molar-refractivity contribution in [3.8, 4) is 5.69 Å². The number of carboxylic acids is 1. The molecule has 7 heteroatoms. The van der Waals surface area contributed by atoms with Gasteiger partial charge in [-0.1, -0.05) is 16.8 Å². The maximum absolute atomic E-state index is 13.3. The summed E-state index contributed by atoms with van der Waals surface area (Å²) >= 11 is 5.57. The van der Waals surface area contributed by atoms with Gasteiger partial charge in [0, 0.05) is 12.5 Å². The van der Waals surface area contributed by atoms with Crippen molar-refractivity contribution in [2.45, 2.75) is 12.8 Å². The first-order valence-corrected chi connectivity index (χ1v) is 5.52. The minimum atomic E-state index is -0.901. The number of rotatable bonds is 4. The molecule has 0 spiro atoms. The van der Waals surface area contributed by atoms with E-state index in [2.05, 4.69) is 10.3 Å². The molecule has 1 aromatic carbocycles. The van der Waals surface area contributed by atoms with Crippen LogP contribution in [0.5, 0.6) is 0 Å². The second kappa shape index (κ2) is 5.14. The first-order chi connectivity index (χ1) is 8.56. The van der Waals surface area contributed by atoms with Gasteiger partial charge in [0.2, 0.25) is 0 Å². The number of benzene rings is 1. The Bertz CT molecular complexity index is 585. The second-order valence-corrected chi connectivity index (χ2v) is 4.05. The largest absolute Gasteiger partial charge is 0.481 e. The normalized spacial score (nSPS) is 10.6. The topological polar surface area (TPSA) is 68.0 Å². The monoisotopic (exact) mass is 269 g/mol. The zero-order chi connectivity index (χ0) is 13.1. The lowest BCUT2D eigenvalue weighted by atomic mass is 10.2. The third-order valence-electron chi connectivity index (χ3n) is 2.30. The predicted molar refractivity (Wildman–Crippen MR) is 62.3 cm³/mol. The maximum Gasteiger partial charge on any atom is 0.303 e. The van der Waals surface area contributed by atoms with Gasteiger partial charge in [-0.25, -0.2) is 9.07 Å². The molecule has 0 bridgehead atoms. The molecule has 0 unspecified atom stereocenters. The van der Waals surface area contributed by atoms with Crippen LogP contribution < -0.4 is 0 Å². The van der Waals surface area contributed by atoms with Crippen LogP contribution in [0.15, 0.2) is 24.4 Å². The lowest BCUT2D eigenvalue weighted by Gasteiger charge is -2.00. The van der Waals surface area contributed by atoms with E-state index < -0.39 is 11.8 Å². The van der Waals surface area contributed by atoms with Gasteiger partial charge in [-0.3, -0.25) is 4.79 Å². The van der Waals surface area contributed by atoms with Gasteiger partial charge in [0.05, 0.1) is 29.0 Å². The Balaban J connectivity index is 2.18. The Morgan fingerprint density at radius 2 is 2.28 bits per heavy atom. The fraction of sp³-hybridized carbons (Fsp3) is 0.182. The van der Waals surface area contributed by atoms with E-state index in [0.717, 1.165) is 0 Å². The van der Waals surface area contributed by atoms with E-state index in [4.69, 9.17) is 16.7 Å². The lowest BCUT2D eigenvalue weighted by Crippen LogP contribution is -1.97. The van der Waals surface area contributed by atoms with Crippen molar-refractivity contribution in [3.63, 3.8) is 0 Å². The fourth-order valence-electron chi connectivity index (χ4n) is 1.40. The maximum atomic E-state index is 13.3. The summed E-state index contributed by atoms with van der Waals surface area (Å²) in [6, 6.07) is 4.25. The van der Waals surface area contributed by atoms with E-state index in [0.29, 0.717) is 11.4 Å². The van der Waals surface area contributed by atoms with Crippen molar-refractivity contribution >= 4 is 17.6 Å². The highest BCUT2D eigenvalue weighted by Crippen LogP contribution is 2.17. The van der Waals surface area contributed by atoms with Gasteiger partial charge in [-0.05, 0) is 12.1 Å². The van der Waals surface area contributed by atoms with Gasteiger partial charge in [0.1, 0.15) is 5.82 Å². The molecule has 0 radical (unpaired) electrons.